The summed E-state index contributed by atoms with van der Waals surface area (Å²) in [7, 11) is 0. The average Bonchev–Trinajstić information content (AvgIpc) is 2.51. The van der Waals surface area contributed by atoms with Gasteiger partial charge in [0.15, 0.2) is 0 Å². The quantitative estimate of drug-likeness (QED) is 0.740. The summed E-state index contributed by atoms with van der Waals surface area (Å²) < 4.78 is 6.28. The standard InChI is InChI=1S/C19H18O/c1-14-13-18(16-9-5-3-6-10-16)20-19(15(14)2)17-11-7-4-8-12-17/h3-12,18-19H,1-2,13H2. The Balaban J connectivity index is 1.91. The lowest BCUT2D eigenvalue weighted by Crippen LogP contribution is -2.19. The Morgan fingerprint density at radius 1 is 0.800 bits per heavy atom. The number of rotatable bonds is 2. The fourth-order valence-corrected chi connectivity index (χ4v) is 2.61. The molecule has 0 bridgehead atoms. The molecule has 0 saturated carbocycles. The van der Waals surface area contributed by atoms with Crippen LogP contribution in [-0.4, -0.2) is 0 Å². The topological polar surface area (TPSA) is 9.23 Å². The summed E-state index contributed by atoms with van der Waals surface area (Å²) in [5.74, 6) is 0. The van der Waals surface area contributed by atoms with Crippen LogP contribution in [0.15, 0.2) is 85.0 Å². The summed E-state index contributed by atoms with van der Waals surface area (Å²) in [6, 6.07) is 20.6. The van der Waals surface area contributed by atoms with E-state index in [1.165, 1.54) is 5.56 Å². The summed E-state index contributed by atoms with van der Waals surface area (Å²) in [5.41, 5.74) is 4.41. The number of hydrogen-bond donors (Lipinski definition) is 0. The van der Waals surface area contributed by atoms with Gasteiger partial charge in [0.05, 0.1) is 6.10 Å². The van der Waals surface area contributed by atoms with Gasteiger partial charge in [-0.15, -0.1) is 0 Å². The van der Waals surface area contributed by atoms with Gasteiger partial charge in [0.2, 0.25) is 0 Å². The van der Waals surface area contributed by atoms with Crippen molar-refractivity contribution in [3.05, 3.63) is 96.1 Å². The van der Waals surface area contributed by atoms with E-state index in [4.69, 9.17) is 4.74 Å². The van der Waals surface area contributed by atoms with E-state index in [9.17, 15) is 0 Å². The molecule has 20 heavy (non-hydrogen) atoms. The third-order valence-electron chi connectivity index (χ3n) is 3.78. The molecule has 100 valence electrons. The first-order valence-corrected chi connectivity index (χ1v) is 6.88. The first-order valence-electron chi connectivity index (χ1n) is 6.88. The predicted molar refractivity (Wildman–Crippen MR) is 82.3 cm³/mol. The number of benzene rings is 2. The number of ether oxygens (including phenoxy) is 1. The Morgan fingerprint density at radius 2 is 1.35 bits per heavy atom. The van der Waals surface area contributed by atoms with Gasteiger partial charge in [0, 0.05) is 6.42 Å². The summed E-state index contributed by atoms with van der Waals surface area (Å²) in [4.78, 5) is 0. The smallest absolute Gasteiger partial charge is 0.108 e. The Kier molecular flexibility index (Phi) is 3.53. The molecule has 0 aliphatic carbocycles. The zero-order valence-electron chi connectivity index (χ0n) is 11.5. The van der Waals surface area contributed by atoms with E-state index in [0.29, 0.717) is 0 Å². The molecule has 3 rings (SSSR count). The van der Waals surface area contributed by atoms with Crippen molar-refractivity contribution in [1.29, 1.82) is 0 Å². The molecule has 0 aromatic heterocycles. The molecule has 2 aromatic rings. The summed E-state index contributed by atoms with van der Waals surface area (Å²) >= 11 is 0. The molecule has 1 saturated heterocycles. The van der Waals surface area contributed by atoms with Crippen LogP contribution in [0.3, 0.4) is 0 Å². The zero-order valence-corrected chi connectivity index (χ0v) is 11.5. The van der Waals surface area contributed by atoms with Gasteiger partial charge >= 0.3 is 0 Å². The van der Waals surface area contributed by atoms with Crippen molar-refractivity contribution in [3.63, 3.8) is 0 Å². The minimum Gasteiger partial charge on any atom is -0.361 e. The Labute approximate surface area is 120 Å². The second kappa shape index (κ2) is 5.48. The molecule has 1 heterocycles. The first kappa shape index (κ1) is 12.9. The van der Waals surface area contributed by atoms with Crippen LogP contribution in [0.5, 0.6) is 0 Å². The van der Waals surface area contributed by atoms with Crippen LogP contribution in [0.1, 0.15) is 29.8 Å². The van der Waals surface area contributed by atoms with Crippen molar-refractivity contribution < 1.29 is 4.74 Å². The van der Waals surface area contributed by atoms with E-state index in [1.54, 1.807) is 0 Å². The molecule has 0 N–H and O–H groups in total. The minimum absolute atomic E-state index is 0.0550. The van der Waals surface area contributed by atoms with Crippen LogP contribution in [0.2, 0.25) is 0 Å². The lowest BCUT2D eigenvalue weighted by Gasteiger charge is -2.34. The minimum atomic E-state index is -0.0948. The predicted octanol–water partition coefficient (Wildman–Crippen LogP) is 5.00. The fraction of sp³-hybridized carbons (Fsp3) is 0.158. The molecule has 0 spiro atoms. The Morgan fingerprint density at radius 3 is 1.95 bits per heavy atom. The van der Waals surface area contributed by atoms with Crippen LogP contribution >= 0.6 is 0 Å². The van der Waals surface area contributed by atoms with E-state index in [1.807, 2.05) is 36.4 Å². The molecule has 1 heteroatoms. The van der Waals surface area contributed by atoms with E-state index in [0.717, 1.165) is 23.1 Å². The molecule has 0 amide bonds. The van der Waals surface area contributed by atoms with Crippen LogP contribution in [0, 0.1) is 0 Å². The van der Waals surface area contributed by atoms with Crippen LogP contribution < -0.4 is 0 Å². The third kappa shape index (κ3) is 2.45. The van der Waals surface area contributed by atoms with Crippen molar-refractivity contribution >= 4 is 0 Å². The van der Waals surface area contributed by atoms with Crippen LogP contribution in [0.4, 0.5) is 0 Å². The highest BCUT2D eigenvalue weighted by atomic mass is 16.5. The van der Waals surface area contributed by atoms with Gasteiger partial charge in [-0.3, -0.25) is 0 Å². The maximum atomic E-state index is 6.28. The van der Waals surface area contributed by atoms with Gasteiger partial charge in [-0.1, -0.05) is 73.8 Å². The molecule has 1 aliphatic rings. The molecule has 1 fully saturated rings. The molecule has 1 aliphatic heterocycles. The number of hydrogen-bond acceptors (Lipinski definition) is 1. The summed E-state index contributed by atoms with van der Waals surface area (Å²) in [5, 5.41) is 0. The maximum Gasteiger partial charge on any atom is 0.108 e. The highest BCUT2D eigenvalue weighted by Crippen LogP contribution is 2.43. The van der Waals surface area contributed by atoms with E-state index in [-0.39, 0.29) is 12.2 Å². The van der Waals surface area contributed by atoms with Gasteiger partial charge in [0.1, 0.15) is 6.10 Å². The second-order valence-corrected chi connectivity index (χ2v) is 5.16. The highest BCUT2D eigenvalue weighted by Gasteiger charge is 2.29. The molecule has 0 radical (unpaired) electrons. The molecule has 2 atom stereocenters. The van der Waals surface area contributed by atoms with Gasteiger partial charge in [-0.2, -0.15) is 0 Å². The zero-order chi connectivity index (χ0) is 13.9. The SMILES string of the molecule is C=C1CC(c2ccccc2)OC(c2ccccc2)C1=C. The van der Waals surface area contributed by atoms with E-state index >= 15 is 0 Å². The van der Waals surface area contributed by atoms with Crippen molar-refractivity contribution in [2.45, 2.75) is 18.6 Å². The fourth-order valence-electron chi connectivity index (χ4n) is 2.61. The lowest BCUT2D eigenvalue weighted by molar-refractivity contribution is -0.00782. The monoisotopic (exact) mass is 262 g/mol. The molecule has 2 aromatic carbocycles. The third-order valence-corrected chi connectivity index (χ3v) is 3.78. The van der Waals surface area contributed by atoms with E-state index in [2.05, 4.69) is 37.4 Å². The van der Waals surface area contributed by atoms with Crippen LogP contribution in [0.25, 0.3) is 0 Å². The molecular weight excluding hydrogens is 244 g/mol. The van der Waals surface area contributed by atoms with E-state index < -0.39 is 0 Å². The van der Waals surface area contributed by atoms with Gasteiger partial charge in [-0.25, -0.2) is 0 Å². The van der Waals surface area contributed by atoms with Crippen molar-refractivity contribution in [2.24, 2.45) is 0 Å². The molecule has 2 unspecified atom stereocenters. The highest BCUT2D eigenvalue weighted by molar-refractivity contribution is 5.39. The van der Waals surface area contributed by atoms with Gasteiger partial charge < -0.3 is 4.74 Å². The Bertz CT molecular complexity index is 613. The van der Waals surface area contributed by atoms with Crippen molar-refractivity contribution in [3.8, 4) is 0 Å². The van der Waals surface area contributed by atoms with Gasteiger partial charge in [-0.05, 0) is 22.3 Å². The van der Waals surface area contributed by atoms with Crippen molar-refractivity contribution in [2.75, 3.05) is 0 Å². The molecular formula is C19H18O. The largest absolute Gasteiger partial charge is 0.361 e. The van der Waals surface area contributed by atoms with Gasteiger partial charge in [0.25, 0.3) is 0 Å². The summed E-state index contributed by atoms with van der Waals surface area (Å²) in [6.45, 7) is 8.32. The average molecular weight is 262 g/mol. The maximum absolute atomic E-state index is 6.28. The normalized spacial score (nSPS) is 22.8. The molecule has 1 nitrogen and oxygen atoms in total. The summed E-state index contributed by atoms with van der Waals surface area (Å²) in [6.07, 6.45) is 0.772. The Hall–Kier alpha value is -2.12. The van der Waals surface area contributed by atoms with Crippen molar-refractivity contribution in [1.82, 2.24) is 0 Å². The second-order valence-electron chi connectivity index (χ2n) is 5.16. The first-order chi connectivity index (χ1) is 9.75. The van der Waals surface area contributed by atoms with Crippen LogP contribution in [-0.2, 0) is 4.74 Å². The lowest BCUT2D eigenvalue weighted by atomic mass is 9.88.